The van der Waals surface area contributed by atoms with Crippen LogP contribution in [-0.4, -0.2) is 15.9 Å². The molecule has 4 nitrogen and oxygen atoms in total. The number of para-hydroxylation sites is 1. The first-order valence-electron chi connectivity index (χ1n) is 6.31. The molecule has 0 spiro atoms. The predicted octanol–water partition coefficient (Wildman–Crippen LogP) is 3.82. The van der Waals surface area contributed by atoms with Crippen LogP contribution in [0.3, 0.4) is 0 Å². The van der Waals surface area contributed by atoms with Gasteiger partial charge in [0.25, 0.3) is 0 Å². The quantitative estimate of drug-likeness (QED) is 0.769. The van der Waals surface area contributed by atoms with Crippen LogP contribution in [0.15, 0.2) is 36.7 Å². The Labute approximate surface area is 127 Å². The summed E-state index contributed by atoms with van der Waals surface area (Å²) in [5, 5.41) is 3.24. The largest absolute Gasteiger partial charge is 0.427 e. The average molecular weight is 325 g/mol. The molecule has 3 rings (SSSR count). The maximum Gasteiger partial charge on any atom is 0.427 e. The number of aromatic nitrogens is 2. The number of rotatable bonds is 3. The lowest BCUT2D eigenvalue weighted by atomic mass is 10.1. The van der Waals surface area contributed by atoms with E-state index in [1.807, 2.05) is 24.3 Å². The van der Waals surface area contributed by atoms with E-state index >= 15 is 0 Å². The molecule has 0 unspecified atom stereocenters. The van der Waals surface area contributed by atoms with Crippen LogP contribution in [0.2, 0.25) is 0 Å². The normalized spacial score (nSPS) is 11.8. The first kappa shape index (κ1) is 14.6. The third-order valence-electron chi connectivity index (χ3n) is 3.06. The molecule has 3 aromatic rings. The summed E-state index contributed by atoms with van der Waals surface area (Å²) in [5.74, 6) is -0.409. The summed E-state index contributed by atoms with van der Waals surface area (Å²) < 4.78 is 37.4. The van der Waals surface area contributed by atoms with Crippen molar-refractivity contribution in [2.24, 2.45) is 0 Å². The van der Waals surface area contributed by atoms with Gasteiger partial charge in [-0.3, -0.25) is 4.79 Å². The van der Waals surface area contributed by atoms with Crippen LogP contribution in [0.5, 0.6) is 0 Å². The van der Waals surface area contributed by atoms with E-state index in [1.165, 1.54) is 0 Å². The molecular weight excluding hydrogens is 315 g/mol. The van der Waals surface area contributed by atoms with E-state index in [9.17, 15) is 18.0 Å². The highest BCUT2D eigenvalue weighted by atomic mass is 32.1. The third-order valence-corrected chi connectivity index (χ3v) is 4.01. The summed E-state index contributed by atoms with van der Waals surface area (Å²) in [6.07, 6.45) is -1.96. The first-order valence-corrected chi connectivity index (χ1v) is 7.13. The van der Waals surface area contributed by atoms with Crippen molar-refractivity contribution in [2.75, 3.05) is 5.32 Å². The van der Waals surface area contributed by atoms with Gasteiger partial charge in [0.05, 0.1) is 12.6 Å². The number of halogens is 3. The van der Waals surface area contributed by atoms with Gasteiger partial charge in [-0.15, -0.1) is 0 Å². The Morgan fingerprint density at radius 3 is 2.82 bits per heavy atom. The SMILES string of the molecule is O=C(Cc1c[nH]c2ccccc12)Nc1ncc(C(F)(F)F)s1. The van der Waals surface area contributed by atoms with E-state index in [2.05, 4.69) is 15.3 Å². The van der Waals surface area contributed by atoms with E-state index < -0.39 is 17.0 Å². The number of nitrogens with one attached hydrogen (secondary N) is 2. The van der Waals surface area contributed by atoms with Crippen LogP contribution < -0.4 is 5.32 Å². The summed E-state index contributed by atoms with van der Waals surface area (Å²) in [5.41, 5.74) is 1.68. The maximum absolute atomic E-state index is 12.5. The van der Waals surface area contributed by atoms with Gasteiger partial charge in [0.2, 0.25) is 5.91 Å². The molecule has 0 aliphatic heterocycles. The van der Waals surface area contributed by atoms with Crippen molar-refractivity contribution in [1.29, 1.82) is 0 Å². The van der Waals surface area contributed by atoms with Crippen molar-refractivity contribution in [3.63, 3.8) is 0 Å². The van der Waals surface area contributed by atoms with Crippen molar-refractivity contribution in [1.82, 2.24) is 9.97 Å². The number of hydrogen-bond acceptors (Lipinski definition) is 3. The molecule has 0 saturated heterocycles. The summed E-state index contributed by atoms with van der Waals surface area (Å²) in [7, 11) is 0. The second-order valence-corrected chi connectivity index (χ2v) is 5.64. The summed E-state index contributed by atoms with van der Waals surface area (Å²) in [4.78, 5) is 17.7. The zero-order chi connectivity index (χ0) is 15.7. The maximum atomic E-state index is 12.5. The van der Waals surface area contributed by atoms with Gasteiger partial charge in [0, 0.05) is 17.1 Å². The molecule has 0 bridgehead atoms. The highest BCUT2D eigenvalue weighted by Gasteiger charge is 2.33. The number of carbonyl (C=O) groups is 1. The average Bonchev–Trinajstić information content (AvgIpc) is 3.06. The molecule has 0 aliphatic rings. The fourth-order valence-electron chi connectivity index (χ4n) is 2.08. The van der Waals surface area contributed by atoms with Crippen molar-refractivity contribution in [3.05, 3.63) is 47.1 Å². The van der Waals surface area contributed by atoms with Crippen molar-refractivity contribution in [3.8, 4) is 0 Å². The van der Waals surface area contributed by atoms with Gasteiger partial charge in [-0.1, -0.05) is 29.5 Å². The number of hydrogen-bond donors (Lipinski definition) is 2. The topological polar surface area (TPSA) is 57.8 Å². The number of anilines is 1. The Hall–Kier alpha value is -2.35. The number of carbonyl (C=O) groups excluding carboxylic acids is 1. The minimum Gasteiger partial charge on any atom is -0.361 e. The summed E-state index contributed by atoms with van der Waals surface area (Å²) in [6.45, 7) is 0. The van der Waals surface area contributed by atoms with Crippen LogP contribution in [-0.2, 0) is 17.4 Å². The van der Waals surface area contributed by atoms with E-state index in [4.69, 9.17) is 0 Å². The van der Waals surface area contributed by atoms with Gasteiger partial charge < -0.3 is 10.3 Å². The Kier molecular flexibility index (Phi) is 3.61. The molecule has 2 heterocycles. The molecule has 1 aromatic carbocycles. The van der Waals surface area contributed by atoms with Crippen LogP contribution in [0.25, 0.3) is 10.9 Å². The highest BCUT2D eigenvalue weighted by molar-refractivity contribution is 7.15. The minimum atomic E-state index is -4.45. The molecule has 2 aromatic heterocycles. The van der Waals surface area contributed by atoms with Crippen molar-refractivity contribution >= 4 is 33.3 Å². The molecule has 0 radical (unpaired) electrons. The number of H-pyrrole nitrogens is 1. The second kappa shape index (κ2) is 5.45. The number of benzene rings is 1. The minimum absolute atomic E-state index is 0.0582. The first-order chi connectivity index (χ1) is 10.4. The molecule has 0 saturated carbocycles. The van der Waals surface area contributed by atoms with Crippen LogP contribution in [0.1, 0.15) is 10.4 Å². The zero-order valence-electron chi connectivity index (χ0n) is 11.1. The van der Waals surface area contributed by atoms with Crippen molar-refractivity contribution in [2.45, 2.75) is 12.6 Å². The standard InChI is InChI=1S/C14H10F3N3OS/c15-14(16,17)11-7-19-13(22-11)20-12(21)5-8-6-18-10-4-2-1-3-9(8)10/h1-4,6-7,18H,5H2,(H,19,20,21). The number of thiazole rings is 1. The van der Waals surface area contributed by atoms with E-state index in [1.54, 1.807) is 6.20 Å². The van der Waals surface area contributed by atoms with Gasteiger partial charge >= 0.3 is 6.18 Å². The Morgan fingerprint density at radius 1 is 1.32 bits per heavy atom. The lowest BCUT2D eigenvalue weighted by Crippen LogP contribution is -2.13. The number of aromatic amines is 1. The molecule has 8 heteroatoms. The molecule has 0 atom stereocenters. The Morgan fingerprint density at radius 2 is 2.09 bits per heavy atom. The van der Waals surface area contributed by atoms with Gasteiger partial charge in [0.1, 0.15) is 4.88 Å². The molecule has 2 N–H and O–H groups in total. The fourth-order valence-corrected chi connectivity index (χ4v) is 2.78. The van der Waals surface area contributed by atoms with Gasteiger partial charge in [-0.2, -0.15) is 13.2 Å². The molecule has 22 heavy (non-hydrogen) atoms. The van der Waals surface area contributed by atoms with E-state index in [0.29, 0.717) is 17.5 Å². The Balaban J connectivity index is 1.71. The zero-order valence-corrected chi connectivity index (χ0v) is 11.9. The van der Waals surface area contributed by atoms with Crippen LogP contribution >= 0.6 is 11.3 Å². The number of amides is 1. The molecule has 0 aliphatic carbocycles. The number of nitrogens with zero attached hydrogens (tertiary/aromatic N) is 1. The Bertz CT molecular complexity index is 822. The lowest BCUT2D eigenvalue weighted by molar-refractivity contribution is -0.134. The molecule has 114 valence electrons. The summed E-state index contributed by atoms with van der Waals surface area (Å²) in [6, 6.07) is 7.48. The van der Waals surface area contributed by atoms with E-state index in [0.717, 1.165) is 16.5 Å². The fraction of sp³-hybridized carbons (Fsp3) is 0.143. The molecule has 0 fully saturated rings. The predicted molar refractivity (Wildman–Crippen MR) is 77.7 cm³/mol. The van der Waals surface area contributed by atoms with Gasteiger partial charge in [-0.05, 0) is 11.6 Å². The monoisotopic (exact) mass is 325 g/mol. The van der Waals surface area contributed by atoms with Gasteiger partial charge in [0.15, 0.2) is 5.13 Å². The molecule has 1 amide bonds. The van der Waals surface area contributed by atoms with Crippen LogP contribution in [0.4, 0.5) is 18.3 Å². The number of alkyl halides is 3. The highest BCUT2D eigenvalue weighted by Crippen LogP contribution is 2.35. The number of fused-ring (bicyclic) bond motifs is 1. The van der Waals surface area contributed by atoms with Crippen molar-refractivity contribution < 1.29 is 18.0 Å². The van der Waals surface area contributed by atoms with E-state index in [-0.39, 0.29) is 11.6 Å². The lowest BCUT2D eigenvalue weighted by Gasteiger charge is -2.02. The van der Waals surface area contributed by atoms with Gasteiger partial charge in [-0.25, -0.2) is 4.98 Å². The second-order valence-electron chi connectivity index (χ2n) is 4.61. The summed E-state index contributed by atoms with van der Waals surface area (Å²) >= 11 is 0.409. The third kappa shape index (κ3) is 2.96. The molecular formula is C14H10F3N3OS. The van der Waals surface area contributed by atoms with Crippen LogP contribution in [0, 0.1) is 0 Å². The smallest absolute Gasteiger partial charge is 0.361 e.